The molecule has 1 N–H and O–H groups in total. The van der Waals surface area contributed by atoms with E-state index in [0.717, 1.165) is 22.6 Å². The third kappa shape index (κ3) is 2.12. The second-order valence-corrected chi connectivity index (χ2v) is 6.75. The van der Waals surface area contributed by atoms with Crippen LogP contribution in [0.25, 0.3) is 5.65 Å². The molecule has 0 atom stereocenters. The zero-order chi connectivity index (χ0) is 12.6. The molecule has 0 saturated heterocycles. The van der Waals surface area contributed by atoms with Gasteiger partial charge in [0.05, 0.1) is 0 Å². The first kappa shape index (κ1) is 12.3. The molecule has 1 aliphatic rings. The van der Waals surface area contributed by atoms with E-state index in [1.807, 2.05) is 28.6 Å². The molecule has 18 heavy (non-hydrogen) atoms. The fraction of sp³-hybridized carbons (Fsp3) is 0.500. The van der Waals surface area contributed by atoms with Crippen LogP contribution in [0.3, 0.4) is 0 Å². The fourth-order valence-corrected chi connectivity index (χ4v) is 3.60. The van der Waals surface area contributed by atoms with E-state index in [-0.39, 0.29) is 0 Å². The molecule has 2 aromatic heterocycles. The van der Waals surface area contributed by atoms with Crippen LogP contribution in [0.5, 0.6) is 0 Å². The summed E-state index contributed by atoms with van der Waals surface area (Å²) in [5.41, 5.74) is 0.883. The summed E-state index contributed by atoms with van der Waals surface area (Å²) in [7, 11) is 0. The highest BCUT2D eigenvalue weighted by molar-refractivity contribution is 9.10. The molecule has 0 amide bonds. The standard InChI is InChI=1S/C12H15BrN4S/c1-18-12(3-2-4-12)8-15-10-11-14-5-6-17(11)7-9(13)16-10/h5-7H,2-4,8H2,1H3,(H,15,16). The highest BCUT2D eigenvalue weighted by Gasteiger charge is 2.36. The number of imidazole rings is 1. The maximum Gasteiger partial charge on any atom is 0.180 e. The lowest BCUT2D eigenvalue weighted by molar-refractivity contribution is 0.379. The number of hydrogen-bond donors (Lipinski definition) is 1. The van der Waals surface area contributed by atoms with Crippen molar-refractivity contribution in [1.29, 1.82) is 0 Å². The number of halogens is 1. The van der Waals surface area contributed by atoms with Crippen LogP contribution in [-0.2, 0) is 0 Å². The van der Waals surface area contributed by atoms with Crippen molar-refractivity contribution >= 4 is 39.2 Å². The lowest BCUT2D eigenvalue weighted by atomic mass is 9.84. The van der Waals surface area contributed by atoms with Gasteiger partial charge in [0, 0.05) is 29.9 Å². The van der Waals surface area contributed by atoms with Crippen molar-refractivity contribution in [3.05, 3.63) is 23.2 Å². The van der Waals surface area contributed by atoms with Gasteiger partial charge in [-0.1, -0.05) is 6.42 Å². The van der Waals surface area contributed by atoms with Crippen LogP contribution in [0.15, 0.2) is 23.2 Å². The van der Waals surface area contributed by atoms with Crippen molar-refractivity contribution in [2.75, 3.05) is 18.1 Å². The number of anilines is 1. The smallest absolute Gasteiger partial charge is 0.180 e. The summed E-state index contributed by atoms with van der Waals surface area (Å²) in [5, 5.41) is 3.46. The Labute approximate surface area is 119 Å². The molecule has 2 aromatic rings. The Kier molecular flexibility index (Phi) is 3.23. The minimum atomic E-state index is 0.396. The van der Waals surface area contributed by atoms with Gasteiger partial charge in [-0.05, 0) is 35.0 Å². The molecular weight excluding hydrogens is 312 g/mol. The summed E-state index contributed by atoms with van der Waals surface area (Å²) < 4.78 is 3.20. The maximum atomic E-state index is 4.48. The number of aromatic nitrogens is 3. The number of rotatable bonds is 4. The van der Waals surface area contributed by atoms with Gasteiger partial charge < -0.3 is 9.72 Å². The molecule has 0 spiro atoms. The topological polar surface area (TPSA) is 42.2 Å². The van der Waals surface area contributed by atoms with Crippen molar-refractivity contribution in [3.8, 4) is 0 Å². The first-order valence-corrected chi connectivity index (χ1v) is 8.02. The molecule has 0 aliphatic heterocycles. The van der Waals surface area contributed by atoms with E-state index in [9.17, 15) is 0 Å². The number of hydrogen-bond acceptors (Lipinski definition) is 4. The first-order valence-electron chi connectivity index (χ1n) is 6.01. The highest BCUT2D eigenvalue weighted by Crippen LogP contribution is 2.42. The highest BCUT2D eigenvalue weighted by atomic mass is 79.9. The Morgan fingerprint density at radius 2 is 2.39 bits per heavy atom. The van der Waals surface area contributed by atoms with Crippen LogP contribution in [0, 0.1) is 0 Å². The molecule has 0 bridgehead atoms. The predicted molar refractivity (Wildman–Crippen MR) is 79.3 cm³/mol. The van der Waals surface area contributed by atoms with E-state index in [2.05, 4.69) is 37.5 Å². The zero-order valence-corrected chi connectivity index (χ0v) is 12.6. The SMILES string of the molecule is CSC1(CNc2nc(Br)cn3ccnc23)CCC1. The summed E-state index contributed by atoms with van der Waals surface area (Å²) in [6, 6.07) is 0. The second-order valence-electron chi connectivity index (χ2n) is 4.66. The van der Waals surface area contributed by atoms with Crippen molar-refractivity contribution in [1.82, 2.24) is 14.4 Å². The van der Waals surface area contributed by atoms with E-state index in [4.69, 9.17) is 0 Å². The number of thioether (sulfide) groups is 1. The molecule has 2 heterocycles. The van der Waals surface area contributed by atoms with Gasteiger partial charge in [0.2, 0.25) is 0 Å². The van der Waals surface area contributed by atoms with Gasteiger partial charge in [-0.25, -0.2) is 9.97 Å². The summed E-state index contributed by atoms with van der Waals surface area (Å²) in [5.74, 6) is 0.856. The monoisotopic (exact) mass is 326 g/mol. The Hall–Kier alpha value is -0.750. The molecule has 4 nitrogen and oxygen atoms in total. The minimum absolute atomic E-state index is 0.396. The van der Waals surface area contributed by atoms with Crippen molar-refractivity contribution in [3.63, 3.8) is 0 Å². The molecule has 0 radical (unpaired) electrons. The van der Waals surface area contributed by atoms with Crippen molar-refractivity contribution in [2.45, 2.75) is 24.0 Å². The quantitative estimate of drug-likeness (QED) is 0.936. The van der Waals surface area contributed by atoms with Crippen LogP contribution in [-0.4, -0.2) is 31.9 Å². The molecule has 0 aromatic carbocycles. The molecule has 1 saturated carbocycles. The summed E-state index contributed by atoms with van der Waals surface area (Å²) in [4.78, 5) is 8.82. The molecule has 6 heteroatoms. The summed E-state index contributed by atoms with van der Waals surface area (Å²) in [6.07, 6.45) is 11.8. The van der Waals surface area contributed by atoms with Gasteiger partial charge >= 0.3 is 0 Å². The van der Waals surface area contributed by atoms with Crippen LogP contribution in [0.1, 0.15) is 19.3 Å². The Balaban J connectivity index is 1.83. The van der Waals surface area contributed by atoms with Crippen molar-refractivity contribution in [2.24, 2.45) is 0 Å². The lowest BCUT2D eigenvalue weighted by Gasteiger charge is -2.40. The maximum absolute atomic E-state index is 4.48. The largest absolute Gasteiger partial charge is 0.366 e. The molecule has 0 unspecified atom stereocenters. The van der Waals surface area contributed by atoms with Gasteiger partial charge in [0.25, 0.3) is 0 Å². The lowest BCUT2D eigenvalue weighted by Crippen LogP contribution is -2.40. The van der Waals surface area contributed by atoms with E-state index in [1.165, 1.54) is 19.3 Å². The van der Waals surface area contributed by atoms with E-state index >= 15 is 0 Å². The van der Waals surface area contributed by atoms with Crippen LogP contribution >= 0.6 is 27.7 Å². The Bertz CT molecular complexity index is 559. The average molecular weight is 327 g/mol. The minimum Gasteiger partial charge on any atom is -0.366 e. The third-order valence-corrected chi connectivity index (χ3v) is 5.42. The van der Waals surface area contributed by atoms with Crippen LogP contribution in [0.2, 0.25) is 0 Å². The molecule has 3 rings (SSSR count). The van der Waals surface area contributed by atoms with Gasteiger partial charge in [0.1, 0.15) is 4.60 Å². The third-order valence-electron chi connectivity index (χ3n) is 3.62. The zero-order valence-electron chi connectivity index (χ0n) is 10.2. The van der Waals surface area contributed by atoms with Gasteiger partial charge in [-0.15, -0.1) is 0 Å². The number of fused-ring (bicyclic) bond motifs is 1. The average Bonchev–Trinajstić information content (AvgIpc) is 2.75. The molecular formula is C12H15BrN4S. The van der Waals surface area contributed by atoms with Gasteiger partial charge in [0.15, 0.2) is 11.5 Å². The van der Waals surface area contributed by atoms with E-state index in [1.54, 1.807) is 6.20 Å². The van der Waals surface area contributed by atoms with Crippen LogP contribution < -0.4 is 5.32 Å². The number of nitrogens with one attached hydrogen (secondary N) is 1. The molecule has 96 valence electrons. The molecule has 1 aliphatic carbocycles. The first-order chi connectivity index (χ1) is 8.72. The van der Waals surface area contributed by atoms with E-state index < -0.39 is 0 Å². The summed E-state index contributed by atoms with van der Waals surface area (Å²) >= 11 is 5.39. The Morgan fingerprint density at radius 3 is 3.06 bits per heavy atom. The predicted octanol–water partition coefficient (Wildman–Crippen LogP) is 3.19. The number of nitrogens with zero attached hydrogens (tertiary/aromatic N) is 3. The van der Waals surface area contributed by atoms with Gasteiger partial charge in [-0.2, -0.15) is 11.8 Å². The Morgan fingerprint density at radius 1 is 1.56 bits per heavy atom. The second kappa shape index (κ2) is 4.74. The molecule has 1 fully saturated rings. The fourth-order valence-electron chi connectivity index (χ4n) is 2.29. The van der Waals surface area contributed by atoms with Gasteiger partial charge in [-0.3, -0.25) is 0 Å². The normalized spacial score (nSPS) is 17.7. The van der Waals surface area contributed by atoms with Crippen LogP contribution in [0.4, 0.5) is 5.82 Å². The summed E-state index contributed by atoms with van der Waals surface area (Å²) in [6.45, 7) is 0.958. The van der Waals surface area contributed by atoms with E-state index in [0.29, 0.717) is 4.75 Å². The van der Waals surface area contributed by atoms with Crippen molar-refractivity contribution < 1.29 is 0 Å².